The third-order valence-electron chi connectivity index (χ3n) is 3.09. The van der Waals surface area contributed by atoms with E-state index in [1.807, 2.05) is 6.07 Å². The SMILES string of the molecule is CCN1CCN(Cc2c[c-]ccc2)CC1.[Zn+][Br]. The number of hydrogen-bond acceptors (Lipinski definition) is 2. The van der Waals surface area contributed by atoms with Gasteiger partial charge in [0.25, 0.3) is 0 Å². The van der Waals surface area contributed by atoms with Crippen molar-refractivity contribution in [2.75, 3.05) is 32.7 Å². The predicted molar refractivity (Wildman–Crippen MR) is 71.6 cm³/mol. The molecule has 0 unspecified atom stereocenters. The molecule has 0 aliphatic carbocycles. The number of rotatable bonds is 3. The molecule has 1 aliphatic rings. The van der Waals surface area contributed by atoms with Crippen LogP contribution in [0.3, 0.4) is 0 Å². The second-order valence-electron chi connectivity index (χ2n) is 4.12. The van der Waals surface area contributed by atoms with Crippen molar-refractivity contribution >= 4 is 13.6 Å². The van der Waals surface area contributed by atoms with Crippen LogP contribution in [0.1, 0.15) is 12.5 Å². The van der Waals surface area contributed by atoms with E-state index in [-0.39, 0.29) is 0 Å². The third-order valence-corrected chi connectivity index (χ3v) is 3.09. The van der Waals surface area contributed by atoms with Crippen LogP contribution in [0, 0.1) is 6.07 Å². The maximum absolute atomic E-state index is 3.13. The summed E-state index contributed by atoms with van der Waals surface area (Å²) >= 11 is 4.25. The summed E-state index contributed by atoms with van der Waals surface area (Å²) in [5.41, 5.74) is 1.38. The summed E-state index contributed by atoms with van der Waals surface area (Å²) in [5.74, 6) is 0. The summed E-state index contributed by atoms with van der Waals surface area (Å²) in [6.45, 7) is 9.33. The van der Waals surface area contributed by atoms with E-state index in [4.69, 9.17) is 0 Å². The first-order chi connectivity index (χ1) is 8.38. The molecule has 1 aromatic carbocycles. The quantitative estimate of drug-likeness (QED) is 0.612. The molecule has 0 saturated carbocycles. The van der Waals surface area contributed by atoms with E-state index in [1.165, 1.54) is 54.6 Å². The van der Waals surface area contributed by atoms with Crippen molar-refractivity contribution in [3.8, 4) is 0 Å². The summed E-state index contributed by atoms with van der Waals surface area (Å²) in [6, 6.07) is 11.4. The van der Waals surface area contributed by atoms with Crippen molar-refractivity contribution in [1.82, 2.24) is 9.80 Å². The molecule has 1 saturated heterocycles. The Hall–Kier alpha value is 0.243. The van der Waals surface area contributed by atoms with Crippen molar-refractivity contribution in [2.45, 2.75) is 13.5 Å². The first-order valence-corrected chi connectivity index (χ1v) is 13.0. The van der Waals surface area contributed by atoms with Gasteiger partial charge in [-0.1, -0.05) is 6.92 Å². The van der Waals surface area contributed by atoms with Crippen LogP contribution in [0.25, 0.3) is 0 Å². The molecular formula is C13H19BrN2Zn. The number of hydrogen-bond donors (Lipinski definition) is 0. The zero-order valence-electron chi connectivity index (χ0n) is 10.5. The van der Waals surface area contributed by atoms with Gasteiger partial charge in [0, 0.05) is 26.2 Å². The van der Waals surface area contributed by atoms with Gasteiger partial charge in [0.05, 0.1) is 0 Å². The van der Waals surface area contributed by atoms with Crippen LogP contribution in [0.15, 0.2) is 24.3 Å². The zero-order chi connectivity index (χ0) is 12.5. The fourth-order valence-electron chi connectivity index (χ4n) is 2.05. The predicted octanol–water partition coefficient (Wildman–Crippen LogP) is 2.47. The van der Waals surface area contributed by atoms with Crippen molar-refractivity contribution < 1.29 is 16.3 Å². The molecule has 1 heterocycles. The summed E-state index contributed by atoms with van der Waals surface area (Å²) in [6.07, 6.45) is 0. The number of piperazine rings is 1. The van der Waals surface area contributed by atoms with E-state index >= 15 is 0 Å². The first kappa shape index (κ1) is 15.3. The van der Waals surface area contributed by atoms with Gasteiger partial charge in [0.2, 0.25) is 0 Å². The summed E-state index contributed by atoms with van der Waals surface area (Å²) in [4.78, 5) is 5.03. The molecule has 17 heavy (non-hydrogen) atoms. The number of halogens is 1. The summed E-state index contributed by atoms with van der Waals surface area (Å²) in [7, 11) is 0. The van der Waals surface area contributed by atoms with Gasteiger partial charge >= 0.3 is 30.0 Å². The van der Waals surface area contributed by atoms with Crippen molar-refractivity contribution in [3.63, 3.8) is 0 Å². The maximum atomic E-state index is 3.13. The monoisotopic (exact) mass is 346 g/mol. The minimum atomic E-state index is 1.08. The number of likely N-dealkylation sites (N-methyl/N-ethyl adjacent to an activating group) is 1. The first-order valence-electron chi connectivity index (χ1n) is 6.05. The van der Waals surface area contributed by atoms with Gasteiger partial charge in [0.1, 0.15) is 0 Å². The second kappa shape index (κ2) is 9.21. The fourth-order valence-corrected chi connectivity index (χ4v) is 2.05. The molecule has 0 bridgehead atoms. The van der Waals surface area contributed by atoms with Crippen LogP contribution >= 0.6 is 13.6 Å². The molecule has 0 radical (unpaired) electrons. The molecule has 1 fully saturated rings. The molecule has 90 valence electrons. The molecule has 2 rings (SSSR count). The Morgan fingerprint density at radius 2 is 1.88 bits per heavy atom. The Balaban J connectivity index is 0.000000686. The molecule has 0 amide bonds. The third kappa shape index (κ3) is 5.61. The van der Waals surface area contributed by atoms with Crippen LogP contribution in [0.5, 0.6) is 0 Å². The average molecular weight is 349 g/mol. The van der Waals surface area contributed by atoms with Crippen molar-refractivity contribution in [2.24, 2.45) is 0 Å². The molecule has 2 nitrogen and oxygen atoms in total. The van der Waals surface area contributed by atoms with E-state index in [2.05, 4.69) is 54.6 Å². The van der Waals surface area contributed by atoms with Gasteiger partial charge in [0.15, 0.2) is 0 Å². The van der Waals surface area contributed by atoms with E-state index in [0.717, 1.165) is 6.54 Å². The number of nitrogens with zero attached hydrogens (tertiary/aromatic N) is 2. The summed E-state index contributed by atoms with van der Waals surface area (Å²) in [5, 5.41) is 0. The van der Waals surface area contributed by atoms with Crippen molar-refractivity contribution in [1.29, 1.82) is 0 Å². The van der Waals surface area contributed by atoms with Crippen LogP contribution in [0.2, 0.25) is 0 Å². The van der Waals surface area contributed by atoms with Crippen LogP contribution in [-0.4, -0.2) is 42.5 Å². The Morgan fingerprint density at radius 3 is 2.41 bits per heavy atom. The van der Waals surface area contributed by atoms with Gasteiger partial charge in [-0.05, 0) is 13.1 Å². The molecule has 4 heteroatoms. The second-order valence-corrected chi connectivity index (χ2v) is 4.12. The normalized spacial score (nSPS) is 17.4. The van der Waals surface area contributed by atoms with Crippen molar-refractivity contribution in [3.05, 3.63) is 35.9 Å². The Kier molecular flexibility index (Phi) is 8.29. The standard InChI is InChI=1S/C13H19N2.BrH.Zn/c1-2-14-8-10-15(11-9-14)12-13-6-4-3-5-7-13;;/h3-4,6-7H,2,8-12H2,1H3;1H;/q-1;;+2/p-1. The van der Waals surface area contributed by atoms with Crippen LogP contribution in [-0.2, 0) is 22.9 Å². The topological polar surface area (TPSA) is 6.48 Å². The van der Waals surface area contributed by atoms with Gasteiger partial charge in [-0.2, -0.15) is 30.3 Å². The van der Waals surface area contributed by atoms with E-state index in [1.54, 1.807) is 0 Å². The zero-order valence-corrected chi connectivity index (χ0v) is 15.1. The average Bonchev–Trinajstić information content (AvgIpc) is 2.43. The van der Waals surface area contributed by atoms with Gasteiger partial charge in [-0.15, -0.1) is 5.56 Å². The Bertz CT molecular complexity index is 287. The van der Waals surface area contributed by atoms with Crippen LogP contribution < -0.4 is 0 Å². The van der Waals surface area contributed by atoms with E-state index < -0.39 is 0 Å². The molecule has 0 atom stereocenters. The number of benzene rings is 1. The Labute approximate surface area is 121 Å². The molecule has 1 aliphatic heterocycles. The van der Waals surface area contributed by atoms with E-state index in [9.17, 15) is 0 Å². The summed E-state index contributed by atoms with van der Waals surface area (Å²) < 4.78 is 0. The molecule has 0 aromatic heterocycles. The van der Waals surface area contributed by atoms with E-state index in [0.29, 0.717) is 0 Å². The van der Waals surface area contributed by atoms with Gasteiger partial charge < -0.3 is 9.80 Å². The fraction of sp³-hybridized carbons (Fsp3) is 0.538. The molecule has 0 N–H and O–H groups in total. The minimum absolute atomic E-state index is 1.08. The molecule has 0 spiro atoms. The van der Waals surface area contributed by atoms with Crippen LogP contribution in [0.4, 0.5) is 0 Å². The van der Waals surface area contributed by atoms with Gasteiger partial charge in [-0.25, -0.2) is 0 Å². The van der Waals surface area contributed by atoms with Gasteiger partial charge in [-0.3, -0.25) is 0 Å². The molecule has 1 aromatic rings. The molecular weight excluding hydrogens is 329 g/mol. The Morgan fingerprint density at radius 1 is 1.24 bits per heavy atom.